The number of Topliss-reactive ketones (excluding diaryl/α,β-unsaturated/α-hetero) is 1. The van der Waals surface area contributed by atoms with Crippen molar-refractivity contribution >= 4 is 33.1 Å². The molecule has 13 heteroatoms. The lowest BCUT2D eigenvalue weighted by Gasteiger charge is -2.27. The Kier molecular flexibility index (Phi) is 10.4. The summed E-state index contributed by atoms with van der Waals surface area (Å²) in [7, 11) is -3.85. The molecule has 2 aliphatic rings. The minimum Gasteiger partial charge on any atom is -0.330 e. The number of carbonyl (C=O) groups is 2. The van der Waals surface area contributed by atoms with Crippen LogP contribution in [0.3, 0.4) is 0 Å². The number of ketones is 1. The summed E-state index contributed by atoms with van der Waals surface area (Å²) >= 11 is 0. The Hall–Kier alpha value is -4.23. The quantitative estimate of drug-likeness (QED) is 0.241. The lowest BCUT2D eigenvalue weighted by atomic mass is 9.77. The van der Waals surface area contributed by atoms with Crippen molar-refractivity contribution in [2.45, 2.75) is 49.6 Å². The van der Waals surface area contributed by atoms with Gasteiger partial charge in [0.1, 0.15) is 5.78 Å². The van der Waals surface area contributed by atoms with Gasteiger partial charge in [-0.05, 0) is 97.7 Å². The van der Waals surface area contributed by atoms with Gasteiger partial charge in [0.25, 0.3) is 0 Å². The fraction of sp³-hybridized carbons (Fsp3) is 0.382. The van der Waals surface area contributed by atoms with Crippen molar-refractivity contribution in [1.82, 2.24) is 0 Å². The molecule has 0 aromatic heterocycles. The van der Waals surface area contributed by atoms with Crippen LogP contribution < -0.4 is 11.1 Å². The summed E-state index contributed by atoms with van der Waals surface area (Å²) in [5.41, 5.74) is 6.77. The molecule has 1 aliphatic heterocycles. The van der Waals surface area contributed by atoms with E-state index < -0.39 is 32.4 Å². The third-order valence-electron chi connectivity index (χ3n) is 8.79. The lowest BCUT2D eigenvalue weighted by molar-refractivity contribution is -0.137. The van der Waals surface area contributed by atoms with Crippen LogP contribution in [-0.2, 0) is 32.0 Å². The van der Waals surface area contributed by atoms with E-state index in [0.717, 1.165) is 49.6 Å². The van der Waals surface area contributed by atoms with Crippen LogP contribution in [0.25, 0.3) is 11.1 Å². The lowest BCUT2D eigenvalue weighted by Crippen LogP contribution is -2.31. The molecule has 1 atom stereocenters. The first-order chi connectivity index (χ1) is 22.3. The number of azo groups is 1. The summed E-state index contributed by atoms with van der Waals surface area (Å²) in [4.78, 5) is 30.8. The van der Waals surface area contributed by atoms with E-state index >= 15 is 0 Å². The van der Waals surface area contributed by atoms with Crippen LogP contribution in [0.1, 0.15) is 48.8 Å². The van der Waals surface area contributed by atoms with Crippen molar-refractivity contribution in [3.63, 3.8) is 0 Å². The molecular formula is C34H36F3N5O4S. The van der Waals surface area contributed by atoms with Crippen LogP contribution in [0.2, 0.25) is 0 Å². The molecule has 3 aromatic carbocycles. The molecule has 1 amide bonds. The molecule has 1 aliphatic carbocycles. The summed E-state index contributed by atoms with van der Waals surface area (Å²) in [6.45, 7) is 0.862. The van der Waals surface area contributed by atoms with E-state index in [2.05, 4.69) is 20.5 Å². The number of amidine groups is 1. The highest BCUT2D eigenvalue weighted by atomic mass is 32.2. The average molecular weight is 668 g/mol. The topological polar surface area (TPSA) is 143 Å². The molecule has 3 aromatic rings. The average Bonchev–Trinajstić information content (AvgIpc) is 3.59. The molecule has 248 valence electrons. The number of benzene rings is 3. The molecule has 5 rings (SSSR count). The number of amides is 1. The molecular weight excluding hydrogens is 631 g/mol. The Morgan fingerprint density at radius 1 is 0.957 bits per heavy atom. The Morgan fingerprint density at radius 2 is 1.62 bits per heavy atom. The number of nitrogens with two attached hydrogens (primary N) is 1. The van der Waals surface area contributed by atoms with Gasteiger partial charge in [0, 0.05) is 35.8 Å². The summed E-state index contributed by atoms with van der Waals surface area (Å²) in [6, 6.07) is 16.2. The fourth-order valence-corrected chi connectivity index (χ4v) is 6.70. The van der Waals surface area contributed by atoms with Crippen molar-refractivity contribution in [2.75, 3.05) is 24.8 Å². The van der Waals surface area contributed by atoms with Crippen molar-refractivity contribution < 1.29 is 31.2 Å². The number of hydrogen-bond donors (Lipinski definition) is 2. The highest BCUT2D eigenvalue weighted by Gasteiger charge is 2.35. The number of alkyl halides is 3. The zero-order chi connectivity index (χ0) is 33.8. The number of halogens is 3. The van der Waals surface area contributed by atoms with E-state index in [4.69, 9.17) is 5.73 Å². The van der Waals surface area contributed by atoms with Gasteiger partial charge < -0.3 is 11.1 Å². The smallest absolute Gasteiger partial charge is 0.330 e. The Bertz CT molecular complexity index is 1780. The summed E-state index contributed by atoms with van der Waals surface area (Å²) in [6.07, 6.45) is -0.531. The van der Waals surface area contributed by atoms with Crippen molar-refractivity contribution in [1.29, 1.82) is 0 Å². The van der Waals surface area contributed by atoms with Gasteiger partial charge >= 0.3 is 6.18 Å². The molecule has 47 heavy (non-hydrogen) atoms. The van der Waals surface area contributed by atoms with E-state index in [1.54, 1.807) is 36.4 Å². The molecule has 3 N–H and O–H groups in total. The maximum atomic E-state index is 13.9. The molecule has 0 spiro atoms. The van der Waals surface area contributed by atoms with Crippen molar-refractivity contribution in [3.8, 4) is 11.1 Å². The molecule has 1 saturated carbocycles. The van der Waals surface area contributed by atoms with E-state index in [-0.39, 0.29) is 48.2 Å². The number of carbonyl (C=O) groups excluding carboxylic acids is 2. The minimum atomic E-state index is -4.78. The summed E-state index contributed by atoms with van der Waals surface area (Å²) < 4.78 is 65.7. The first-order valence-electron chi connectivity index (χ1n) is 15.4. The van der Waals surface area contributed by atoms with E-state index in [0.29, 0.717) is 35.6 Å². The zero-order valence-electron chi connectivity index (χ0n) is 25.8. The normalized spacial score (nSPS) is 18.9. The van der Waals surface area contributed by atoms with Gasteiger partial charge in [0.2, 0.25) is 5.91 Å². The Balaban J connectivity index is 1.36. The first kappa shape index (κ1) is 34.1. The summed E-state index contributed by atoms with van der Waals surface area (Å²) in [5, 5.41) is 10.7. The van der Waals surface area contributed by atoms with Crippen LogP contribution in [-0.4, -0.2) is 45.4 Å². The maximum absolute atomic E-state index is 13.9. The third-order valence-corrected chi connectivity index (χ3v) is 9.90. The molecule has 0 saturated heterocycles. The minimum absolute atomic E-state index is 0.0120. The van der Waals surface area contributed by atoms with Crippen molar-refractivity contribution in [2.24, 2.45) is 38.7 Å². The van der Waals surface area contributed by atoms with Crippen LogP contribution in [0, 0.1) is 17.8 Å². The van der Waals surface area contributed by atoms with Gasteiger partial charge in [-0.2, -0.15) is 18.3 Å². The number of hydrogen-bond acceptors (Lipinski definition) is 8. The zero-order valence-corrected chi connectivity index (χ0v) is 26.7. The molecule has 0 radical (unpaired) electrons. The van der Waals surface area contributed by atoms with Gasteiger partial charge in [-0.25, -0.2) is 13.4 Å². The highest BCUT2D eigenvalue weighted by molar-refractivity contribution is 7.90. The van der Waals surface area contributed by atoms with E-state index in [1.807, 2.05) is 0 Å². The van der Waals surface area contributed by atoms with Gasteiger partial charge in [-0.1, -0.05) is 30.3 Å². The van der Waals surface area contributed by atoms with Crippen LogP contribution in [0.5, 0.6) is 0 Å². The Labute approximate surface area is 271 Å². The number of aliphatic imine (C=N–C) groups is 1. The molecule has 9 nitrogen and oxygen atoms in total. The molecule has 0 unspecified atom stereocenters. The third kappa shape index (κ3) is 8.58. The second kappa shape index (κ2) is 14.3. The largest absolute Gasteiger partial charge is 0.417 e. The van der Waals surface area contributed by atoms with Crippen LogP contribution >= 0.6 is 0 Å². The summed E-state index contributed by atoms with van der Waals surface area (Å²) in [5.74, 6) is -0.304. The van der Waals surface area contributed by atoms with Gasteiger partial charge in [-0.3, -0.25) is 9.59 Å². The molecule has 1 fully saturated rings. The Morgan fingerprint density at radius 3 is 2.19 bits per heavy atom. The number of nitrogens with zero attached hydrogens (tertiary/aromatic N) is 3. The van der Waals surface area contributed by atoms with Gasteiger partial charge in [0.15, 0.2) is 22.3 Å². The predicted molar refractivity (Wildman–Crippen MR) is 173 cm³/mol. The SMILES string of the molecule is CS(=O)(=O)c1ccc(-c2ccc(C[C@H](CC(=O)C3CCC(CN)CC3)C(=O)Nc3ccc(C4=NCN=N4)cc3)cc2)c(C(F)(F)F)c1. The number of anilines is 1. The second-order valence-electron chi connectivity index (χ2n) is 12.1. The fourth-order valence-electron chi connectivity index (χ4n) is 6.06. The second-order valence-corrected chi connectivity index (χ2v) is 14.1. The monoisotopic (exact) mass is 667 g/mol. The molecule has 0 bridgehead atoms. The number of rotatable bonds is 11. The van der Waals surface area contributed by atoms with E-state index in [1.165, 1.54) is 12.1 Å². The van der Waals surface area contributed by atoms with E-state index in [9.17, 15) is 31.2 Å². The van der Waals surface area contributed by atoms with Gasteiger partial charge in [0.05, 0.1) is 10.5 Å². The van der Waals surface area contributed by atoms with Crippen molar-refractivity contribution in [3.05, 3.63) is 83.4 Å². The van der Waals surface area contributed by atoms with Crippen LogP contribution in [0.4, 0.5) is 18.9 Å². The first-order valence-corrected chi connectivity index (χ1v) is 17.3. The highest BCUT2D eigenvalue weighted by Crippen LogP contribution is 2.39. The number of nitrogens with one attached hydrogen (secondary N) is 1. The number of sulfone groups is 1. The standard InChI is InChI=1S/C34H36F3N5O4S/c1-47(45,46)28-14-15-29(30(18-28)34(35,36)37)23-6-2-21(3-7-23)16-26(17-31(43)24-8-4-22(19-38)5-9-24)33(44)41-27-12-10-25(11-13-27)32-39-20-40-42-32/h2-3,6-7,10-15,18,22,24,26H,4-5,8-9,16-17,19-20,38H2,1H3,(H,41,44)/t22?,24?,26-/m1/s1. The van der Waals surface area contributed by atoms with Gasteiger partial charge in [-0.15, -0.1) is 5.11 Å². The molecule has 1 heterocycles. The predicted octanol–water partition coefficient (Wildman–Crippen LogP) is 6.47. The van der Waals surface area contributed by atoms with Crippen LogP contribution in [0.15, 0.2) is 86.8 Å². The maximum Gasteiger partial charge on any atom is 0.417 e.